The van der Waals surface area contributed by atoms with Gasteiger partial charge in [-0.3, -0.25) is 9.59 Å². The van der Waals surface area contributed by atoms with Gasteiger partial charge in [0.1, 0.15) is 17.5 Å². The molecule has 0 saturated heterocycles. The van der Waals surface area contributed by atoms with Gasteiger partial charge in [-0.25, -0.2) is 0 Å². The van der Waals surface area contributed by atoms with Crippen molar-refractivity contribution < 1.29 is 19.1 Å². The predicted octanol–water partition coefficient (Wildman–Crippen LogP) is 4.09. The van der Waals surface area contributed by atoms with Gasteiger partial charge in [-0.1, -0.05) is 28.1 Å². The lowest BCUT2D eigenvalue weighted by Gasteiger charge is -2.29. The first-order valence-corrected chi connectivity index (χ1v) is 10.6. The van der Waals surface area contributed by atoms with Crippen LogP contribution in [0.1, 0.15) is 31.9 Å². The van der Waals surface area contributed by atoms with Gasteiger partial charge < -0.3 is 19.7 Å². The quantitative estimate of drug-likeness (QED) is 0.591. The van der Waals surface area contributed by atoms with E-state index in [-0.39, 0.29) is 31.0 Å². The molecule has 2 rings (SSSR count). The molecule has 0 aliphatic heterocycles. The van der Waals surface area contributed by atoms with Crippen LogP contribution in [0, 0.1) is 6.92 Å². The Balaban J connectivity index is 2.18. The summed E-state index contributed by atoms with van der Waals surface area (Å²) in [6.45, 7) is 7.55. The van der Waals surface area contributed by atoms with E-state index < -0.39 is 6.04 Å². The molecule has 0 fully saturated rings. The van der Waals surface area contributed by atoms with Gasteiger partial charge in [0.15, 0.2) is 6.61 Å². The Bertz CT molecular complexity index is 885. The first-order valence-electron chi connectivity index (χ1n) is 9.83. The fraction of sp³-hybridized carbons (Fsp3) is 0.391. The van der Waals surface area contributed by atoms with Crippen LogP contribution in [0.15, 0.2) is 46.9 Å². The Morgan fingerprint density at radius 1 is 1.10 bits per heavy atom. The maximum Gasteiger partial charge on any atom is 0.261 e. The normalized spacial score (nSPS) is 11.7. The lowest BCUT2D eigenvalue weighted by Crippen LogP contribution is -2.50. The SMILES string of the molecule is COc1cccc(CN(C(=O)COc2ccc(Br)c(C)c2)[C@@H](C)C(=O)NC(C)C)c1. The zero-order valence-corrected chi connectivity index (χ0v) is 19.7. The number of nitrogens with one attached hydrogen (secondary N) is 1. The van der Waals surface area contributed by atoms with E-state index >= 15 is 0 Å². The molecule has 0 saturated carbocycles. The fourth-order valence-corrected chi connectivity index (χ4v) is 3.14. The summed E-state index contributed by atoms with van der Waals surface area (Å²) < 4.78 is 12.0. The van der Waals surface area contributed by atoms with Gasteiger partial charge >= 0.3 is 0 Å². The van der Waals surface area contributed by atoms with Gasteiger partial charge in [0.25, 0.3) is 5.91 Å². The van der Waals surface area contributed by atoms with E-state index in [0.29, 0.717) is 11.5 Å². The second-order valence-corrected chi connectivity index (χ2v) is 8.27. The summed E-state index contributed by atoms with van der Waals surface area (Å²) in [5.74, 6) is 0.816. The topological polar surface area (TPSA) is 67.9 Å². The van der Waals surface area contributed by atoms with Crippen molar-refractivity contribution >= 4 is 27.7 Å². The van der Waals surface area contributed by atoms with Crippen LogP contribution in [0.4, 0.5) is 0 Å². The number of aryl methyl sites for hydroxylation is 1. The van der Waals surface area contributed by atoms with E-state index in [4.69, 9.17) is 9.47 Å². The number of ether oxygens (including phenoxy) is 2. The highest BCUT2D eigenvalue weighted by molar-refractivity contribution is 9.10. The van der Waals surface area contributed by atoms with Crippen molar-refractivity contribution in [2.24, 2.45) is 0 Å². The highest BCUT2D eigenvalue weighted by Gasteiger charge is 2.27. The molecule has 1 atom stereocenters. The van der Waals surface area contributed by atoms with Crippen LogP contribution < -0.4 is 14.8 Å². The monoisotopic (exact) mass is 476 g/mol. The number of halogens is 1. The highest BCUT2D eigenvalue weighted by atomic mass is 79.9. The predicted molar refractivity (Wildman–Crippen MR) is 121 cm³/mol. The Morgan fingerprint density at radius 3 is 2.47 bits per heavy atom. The van der Waals surface area contributed by atoms with E-state index in [1.165, 1.54) is 4.90 Å². The smallest absolute Gasteiger partial charge is 0.261 e. The minimum absolute atomic E-state index is 0.0179. The molecule has 1 N–H and O–H groups in total. The number of carbonyl (C=O) groups is 2. The summed E-state index contributed by atoms with van der Waals surface area (Å²) in [7, 11) is 1.59. The number of hydrogen-bond donors (Lipinski definition) is 1. The molecule has 0 aromatic heterocycles. The number of rotatable bonds is 9. The van der Waals surface area contributed by atoms with Crippen molar-refractivity contribution in [2.45, 2.75) is 46.3 Å². The molecular weight excluding hydrogens is 448 g/mol. The second-order valence-electron chi connectivity index (χ2n) is 7.41. The average molecular weight is 477 g/mol. The Hall–Kier alpha value is -2.54. The third-order valence-electron chi connectivity index (χ3n) is 4.58. The van der Waals surface area contributed by atoms with Gasteiger partial charge in [-0.2, -0.15) is 0 Å². The molecule has 2 amide bonds. The molecule has 0 bridgehead atoms. The van der Waals surface area contributed by atoms with Crippen LogP contribution in [0.3, 0.4) is 0 Å². The molecule has 0 heterocycles. The van der Waals surface area contributed by atoms with Crippen LogP contribution >= 0.6 is 15.9 Å². The van der Waals surface area contributed by atoms with Crippen molar-refractivity contribution in [3.8, 4) is 11.5 Å². The lowest BCUT2D eigenvalue weighted by molar-refractivity contribution is -0.142. The minimum Gasteiger partial charge on any atom is -0.497 e. The summed E-state index contributed by atoms with van der Waals surface area (Å²) in [5.41, 5.74) is 1.88. The largest absolute Gasteiger partial charge is 0.497 e. The fourth-order valence-electron chi connectivity index (χ4n) is 2.89. The van der Waals surface area contributed by atoms with E-state index in [2.05, 4.69) is 21.2 Å². The number of benzene rings is 2. The first-order chi connectivity index (χ1) is 14.2. The van der Waals surface area contributed by atoms with Crippen LogP contribution in [-0.2, 0) is 16.1 Å². The Labute approximate surface area is 186 Å². The second kappa shape index (κ2) is 11.0. The molecule has 2 aromatic carbocycles. The molecule has 0 aliphatic rings. The summed E-state index contributed by atoms with van der Waals surface area (Å²) in [5, 5.41) is 2.87. The van der Waals surface area contributed by atoms with Gasteiger partial charge in [0.2, 0.25) is 5.91 Å². The number of amides is 2. The van der Waals surface area contributed by atoms with Crippen molar-refractivity contribution in [2.75, 3.05) is 13.7 Å². The molecule has 0 radical (unpaired) electrons. The third-order valence-corrected chi connectivity index (χ3v) is 5.47. The van der Waals surface area contributed by atoms with Gasteiger partial charge in [0, 0.05) is 17.1 Å². The summed E-state index contributed by atoms with van der Waals surface area (Å²) in [4.78, 5) is 27.2. The van der Waals surface area contributed by atoms with E-state index in [1.54, 1.807) is 20.1 Å². The number of hydrogen-bond acceptors (Lipinski definition) is 4. The summed E-state index contributed by atoms with van der Waals surface area (Å²) in [6.07, 6.45) is 0. The van der Waals surface area contributed by atoms with E-state index in [9.17, 15) is 9.59 Å². The summed E-state index contributed by atoms with van der Waals surface area (Å²) >= 11 is 3.45. The number of carbonyl (C=O) groups excluding carboxylic acids is 2. The average Bonchev–Trinajstić information content (AvgIpc) is 2.71. The van der Waals surface area contributed by atoms with Crippen molar-refractivity contribution in [3.05, 3.63) is 58.1 Å². The summed E-state index contributed by atoms with van der Waals surface area (Å²) in [6, 6.07) is 12.3. The standard InChI is InChI=1S/C23H29BrN2O4/c1-15(2)25-23(28)17(4)26(13-18-7-6-8-19(12-18)29-5)22(27)14-30-20-9-10-21(24)16(3)11-20/h6-12,15,17H,13-14H2,1-5H3,(H,25,28)/t17-/m0/s1. The minimum atomic E-state index is -0.652. The van der Waals surface area contributed by atoms with Gasteiger partial charge in [0.05, 0.1) is 7.11 Å². The Kier molecular flexibility index (Phi) is 8.72. The van der Waals surface area contributed by atoms with Crippen LogP contribution in [-0.4, -0.2) is 42.5 Å². The van der Waals surface area contributed by atoms with Crippen molar-refractivity contribution in [1.29, 1.82) is 0 Å². The van der Waals surface area contributed by atoms with Gasteiger partial charge in [-0.05, 0) is 69.2 Å². The van der Waals surface area contributed by atoms with Crippen LogP contribution in [0.2, 0.25) is 0 Å². The number of methoxy groups -OCH3 is 1. The van der Waals surface area contributed by atoms with E-state index in [0.717, 1.165) is 15.6 Å². The Morgan fingerprint density at radius 2 is 1.83 bits per heavy atom. The highest BCUT2D eigenvalue weighted by Crippen LogP contribution is 2.22. The maximum atomic E-state index is 13.0. The molecule has 6 nitrogen and oxygen atoms in total. The molecule has 0 spiro atoms. The molecule has 30 heavy (non-hydrogen) atoms. The lowest BCUT2D eigenvalue weighted by atomic mass is 10.1. The zero-order chi connectivity index (χ0) is 22.3. The molecule has 7 heteroatoms. The van der Waals surface area contributed by atoms with Gasteiger partial charge in [-0.15, -0.1) is 0 Å². The van der Waals surface area contributed by atoms with Crippen molar-refractivity contribution in [1.82, 2.24) is 10.2 Å². The molecular formula is C23H29BrN2O4. The number of nitrogens with zero attached hydrogens (tertiary/aromatic N) is 1. The zero-order valence-electron chi connectivity index (χ0n) is 18.1. The first kappa shape index (κ1) is 23.7. The maximum absolute atomic E-state index is 13.0. The molecule has 2 aromatic rings. The third kappa shape index (κ3) is 6.76. The van der Waals surface area contributed by atoms with Crippen LogP contribution in [0.5, 0.6) is 11.5 Å². The molecule has 162 valence electrons. The van der Waals surface area contributed by atoms with Crippen molar-refractivity contribution in [3.63, 3.8) is 0 Å². The van der Waals surface area contributed by atoms with E-state index in [1.807, 2.05) is 57.2 Å². The van der Waals surface area contributed by atoms with Crippen LogP contribution in [0.25, 0.3) is 0 Å². The molecule has 0 aliphatic carbocycles. The molecule has 0 unspecified atom stereocenters.